The summed E-state index contributed by atoms with van der Waals surface area (Å²) in [6.07, 6.45) is 0.643. The third-order valence-corrected chi connectivity index (χ3v) is 0.725. The van der Waals surface area contributed by atoms with E-state index in [4.69, 9.17) is 9.94 Å². The zero-order valence-electron chi connectivity index (χ0n) is 5.22. The van der Waals surface area contributed by atoms with Crippen LogP contribution in [-0.2, 0) is 4.74 Å². The molecule has 3 heteroatoms. The van der Waals surface area contributed by atoms with Crippen molar-refractivity contribution in [3.63, 3.8) is 0 Å². The lowest BCUT2D eigenvalue weighted by atomic mass is 10.5. The highest BCUT2D eigenvalue weighted by Gasteiger charge is 1.91. The average Bonchev–Trinajstić information content (AvgIpc) is 1.83. The Morgan fingerprint density at radius 2 is 2.25 bits per heavy atom. The van der Waals surface area contributed by atoms with Crippen LogP contribution in [-0.4, -0.2) is 17.7 Å². The molecule has 0 aliphatic heterocycles. The summed E-state index contributed by atoms with van der Waals surface area (Å²) >= 11 is 0. The molecule has 0 aromatic carbocycles. The zero-order valence-corrected chi connectivity index (χ0v) is 5.22. The van der Waals surface area contributed by atoms with E-state index in [-0.39, 0.29) is 0 Å². The lowest BCUT2D eigenvalue weighted by Crippen LogP contribution is -2.01. The van der Waals surface area contributed by atoms with Gasteiger partial charge in [-0.05, 0) is 6.92 Å². The first kappa shape index (κ1) is 7.27. The molecule has 0 amide bonds. The van der Waals surface area contributed by atoms with Crippen LogP contribution in [0.25, 0.3) is 0 Å². The van der Waals surface area contributed by atoms with E-state index in [0.717, 1.165) is 0 Å². The maximum absolute atomic E-state index is 8.12. The van der Waals surface area contributed by atoms with Crippen molar-refractivity contribution in [3.8, 4) is 0 Å². The normalized spacial score (nSPS) is 11.5. The van der Waals surface area contributed by atoms with Crippen LogP contribution in [0.5, 0.6) is 0 Å². The summed E-state index contributed by atoms with van der Waals surface area (Å²) in [5, 5.41) is 11.0. The number of oxime groups is 1. The smallest absolute Gasteiger partial charge is 0.225 e. The molecule has 0 fully saturated rings. The zero-order chi connectivity index (χ0) is 6.41. The minimum Gasteiger partial charge on any atom is -0.479 e. The van der Waals surface area contributed by atoms with Gasteiger partial charge in [-0.1, -0.05) is 12.1 Å². The lowest BCUT2D eigenvalue weighted by molar-refractivity contribution is 0.258. The highest BCUT2D eigenvalue weighted by Crippen LogP contribution is 1.85. The van der Waals surface area contributed by atoms with E-state index in [1.165, 1.54) is 0 Å². The Morgan fingerprint density at radius 1 is 1.62 bits per heavy atom. The van der Waals surface area contributed by atoms with Crippen LogP contribution in [0, 0.1) is 0 Å². The number of ether oxygens (including phenoxy) is 1. The van der Waals surface area contributed by atoms with Gasteiger partial charge in [-0.2, -0.15) is 0 Å². The fourth-order valence-corrected chi connectivity index (χ4v) is 0.368. The van der Waals surface area contributed by atoms with Gasteiger partial charge in [0.1, 0.15) is 0 Å². The van der Waals surface area contributed by atoms with Crippen LogP contribution in [0.1, 0.15) is 20.3 Å². The van der Waals surface area contributed by atoms with Gasteiger partial charge in [0, 0.05) is 6.42 Å². The van der Waals surface area contributed by atoms with Crippen molar-refractivity contribution >= 4 is 5.90 Å². The summed E-state index contributed by atoms with van der Waals surface area (Å²) in [6.45, 7) is 4.28. The van der Waals surface area contributed by atoms with Crippen LogP contribution in [0.3, 0.4) is 0 Å². The van der Waals surface area contributed by atoms with E-state index >= 15 is 0 Å². The Hall–Kier alpha value is -0.730. The van der Waals surface area contributed by atoms with Gasteiger partial charge < -0.3 is 9.94 Å². The molecule has 0 radical (unpaired) electrons. The molecule has 0 bridgehead atoms. The number of nitrogens with zero attached hydrogens (tertiary/aromatic N) is 1. The second-order valence-corrected chi connectivity index (χ2v) is 1.28. The molecule has 3 nitrogen and oxygen atoms in total. The molecule has 0 spiro atoms. The van der Waals surface area contributed by atoms with Crippen molar-refractivity contribution in [2.45, 2.75) is 20.3 Å². The first-order chi connectivity index (χ1) is 3.85. The maximum atomic E-state index is 8.12. The second-order valence-electron chi connectivity index (χ2n) is 1.28. The fraction of sp³-hybridized carbons (Fsp3) is 0.800. The summed E-state index contributed by atoms with van der Waals surface area (Å²) in [5.41, 5.74) is 0. The molecule has 0 heterocycles. The first-order valence-electron chi connectivity index (χ1n) is 2.68. The third-order valence-electron chi connectivity index (χ3n) is 0.725. The minimum atomic E-state index is 0.396. The summed E-state index contributed by atoms with van der Waals surface area (Å²) in [7, 11) is 0. The summed E-state index contributed by atoms with van der Waals surface area (Å²) in [6, 6.07) is 0. The molecule has 0 aliphatic rings. The average molecular weight is 117 g/mol. The molecule has 8 heavy (non-hydrogen) atoms. The monoisotopic (exact) mass is 117 g/mol. The molecule has 48 valence electrons. The Bertz CT molecular complexity index is 80.5. The molecule has 0 rings (SSSR count). The van der Waals surface area contributed by atoms with Gasteiger partial charge in [0.05, 0.1) is 6.61 Å². The standard InChI is InChI=1S/C5H11NO2/c1-3-5(6-7)8-4-2/h7H,3-4H2,1-2H3. The largest absolute Gasteiger partial charge is 0.479 e. The van der Waals surface area contributed by atoms with Crippen LogP contribution in [0.4, 0.5) is 0 Å². The van der Waals surface area contributed by atoms with Gasteiger partial charge in [-0.15, -0.1) is 0 Å². The van der Waals surface area contributed by atoms with Gasteiger partial charge in [-0.3, -0.25) is 0 Å². The van der Waals surface area contributed by atoms with E-state index in [1.54, 1.807) is 0 Å². The van der Waals surface area contributed by atoms with Crippen molar-refractivity contribution < 1.29 is 9.94 Å². The van der Waals surface area contributed by atoms with Gasteiger partial charge in [0.15, 0.2) is 0 Å². The minimum absolute atomic E-state index is 0.396. The topological polar surface area (TPSA) is 41.8 Å². The summed E-state index contributed by atoms with van der Waals surface area (Å²) < 4.78 is 4.84. The number of hydrogen-bond donors (Lipinski definition) is 1. The summed E-state index contributed by atoms with van der Waals surface area (Å²) in [4.78, 5) is 0. The molecule has 0 saturated carbocycles. The van der Waals surface area contributed by atoms with E-state index in [0.29, 0.717) is 18.9 Å². The molecular formula is C5H11NO2. The number of rotatable bonds is 2. The Balaban J connectivity index is 3.38. The highest BCUT2D eigenvalue weighted by molar-refractivity contribution is 5.74. The van der Waals surface area contributed by atoms with Gasteiger partial charge in [0.25, 0.3) is 0 Å². The van der Waals surface area contributed by atoms with Crippen LogP contribution < -0.4 is 0 Å². The van der Waals surface area contributed by atoms with E-state index in [9.17, 15) is 0 Å². The lowest BCUT2D eigenvalue weighted by Gasteiger charge is -1.98. The Kier molecular flexibility index (Phi) is 4.03. The predicted octanol–water partition coefficient (Wildman–Crippen LogP) is 1.22. The fourth-order valence-electron chi connectivity index (χ4n) is 0.368. The maximum Gasteiger partial charge on any atom is 0.225 e. The number of hydrogen-bond acceptors (Lipinski definition) is 3. The van der Waals surface area contributed by atoms with Crippen molar-refractivity contribution in [1.82, 2.24) is 0 Å². The molecular weight excluding hydrogens is 106 g/mol. The summed E-state index contributed by atoms with van der Waals surface area (Å²) in [5.74, 6) is 0.396. The quantitative estimate of drug-likeness (QED) is 0.256. The van der Waals surface area contributed by atoms with E-state index < -0.39 is 0 Å². The molecule has 1 N–H and O–H groups in total. The SMILES string of the molecule is CCOC(CC)=NO. The van der Waals surface area contributed by atoms with Crippen molar-refractivity contribution in [1.29, 1.82) is 0 Å². The molecule has 0 aromatic rings. The van der Waals surface area contributed by atoms with Crippen molar-refractivity contribution in [2.24, 2.45) is 5.16 Å². The Labute approximate surface area is 49.0 Å². The van der Waals surface area contributed by atoms with Gasteiger partial charge >= 0.3 is 0 Å². The van der Waals surface area contributed by atoms with Crippen LogP contribution >= 0.6 is 0 Å². The van der Waals surface area contributed by atoms with E-state index in [1.807, 2.05) is 13.8 Å². The highest BCUT2D eigenvalue weighted by atomic mass is 16.5. The van der Waals surface area contributed by atoms with Crippen molar-refractivity contribution in [3.05, 3.63) is 0 Å². The molecule has 0 unspecified atom stereocenters. The van der Waals surface area contributed by atoms with Gasteiger partial charge in [-0.25, -0.2) is 0 Å². The third kappa shape index (κ3) is 2.44. The van der Waals surface area contributed by atoms with E-state index in [2.05, 4.69) is 5.16 Å². The van der Waals surface area contributed by atoms with Crippen LogP contribution in [0.2, 0.25) is 0 Å². The molecule has 0 aliphatic carbocycles. The van der Waals surface area contributed by atoms with Crippen molar-refractivity contribution in [2.75, 3.05) is 6.61 Å². The molecule has 0 saturated heterocycles. The molecule has 0 aromatic heterocycles. The van der Waals surface area contributed by atoms with Crippen LogP contribution in [0.15, 0.2) is 5.16 Å². The molecule has 0 atom stereocenters. The predicted molar refractivity (Wildman–Crippen MR) is 31.1 cm³/mol. The van der Waals surface area contributed by atoms with Gasteiger partial charge in [0.2, 0.25) is 5.90 Å². The second kappa shape index (κ2) is 4.43. The first-order valence-corrected chi connectivity index (χ1v) is 2.68. The Morgan fingerprint density at radius 3 is 2.38 bits per heavy atom.